The fourth-order valence-corrected chi connectivity index (χ4v) is 0.621. The van der Waals surface area contributed by atoms with Gasteiger partial charge in [-0.2, -0.15) is 0 Å². The molecule has 0 atom stereocenters. The molecule has 0 aliphatic carbocycles. The number of aliphatic hydroxyl groups excluding tert-OH is 1. The van der Waals surface area contributed by atoms with E-state index in [2.05, 4.69) is 0 Å². The van der Waals surface area contributed by atoms with E-state index in [-0.39, 0.29) is 17.5 Å². The average molecular weight is 139 g/mol. The Morgan fingerprint density at radius 1 is 1.70 bits per heavy atom. The minimum Gasteiger partial charge on any atom is -0.511 e. The van der Waals surface area contributed by atoms with E-state index in [0.29, 0.717) is 0 Å². The van der Waals surface area contributed by atoms with Gasteiger partial charge in [0.2, 0.25) is 5.91 Å². The van der Waals surface area contributed by atoms with Gasteiger partial charge in [-0.15, -0.1) is 0 Å². The lowest BCUT2D eigenvalue weighted by atomic mass is 10.2. The van der Waals surface area contributed by atoms with Gasteiger partial charge in [-0.25, -0.2) is 0 Å². The van der Waals surface area contributed by atoms with Crippen LogP contribution < -0.4 is 0 Å². The Bertz CT molecular complexity index is 220. The Morgan fingerprint density at radius 3 is 2.80 bits per heavy atom. The van der Waals surface area contributed by atoms with Crippen LogP contribution in [0, 0.1) is 11.8 Å². The first kappa shape index (κ1) is 6.80. The molecule has 1 amide bonds. The first-order chi connectivity index (χ1) is 4.61. The molecule has 1 radical (unpaired) electrons. The molecule has 0 aromatic heterocycles. The molecule has 0 fully saturated rings. The van der Waals surface area contributed by atoms with Gasteiger partial charge < -0.3 is 5.11 Å². The molecular formula is C6H7N2O2. The van der Waals surface area contributed by atoms with Crippen LogP contribution in [0.2, 0.25) is 0 Å². The molecule has 1 heterocycles. The smallest absolute Gasteiger partial charge is 0.239 e. The molecule has 0 saturated heterocycles. The fourth-order valence-electron chi connectivity index (χ4n) is 0.621. The van der Waals surface area contributed by atoms with Gasteiger partial charge in [0.05, 0.1) is 0 Å². The predicted molar refractivity (Wildman–Crippen MR) is 35.5 cm³/mol. The summed E-state index contributed by atoms with van der Waals surface area (Å²) in [6.45, 7) is 0. The van der Waals surface area contributed by atoms with Gasteiger partial charge in [0.25, 0.3) is 0 Å². The van der Waals surface area contributed by atoms with Gasteiger partial charge in [0.15, 0.2) is 0 Å². The minimum atomic E-state index is -0.370. The number of nitrogens with zero attached hydrogens (tertiary/aromatic N) is 1. The van der Waals surface area contributed by atoms with Crippen LogP contribution >= 0.6 is 0 Å². The molecular weight excluding hydrogens is 132 g/mol. The van der Waals surface area contributed by atoms with E-state index < -0.39 is 0 Å². The number of rotatable bonds is 0. The molecule has 4 heteroatoms. The number of nitrogens with one attached hydrogen (secondary N) is 1. The van der Waals surface area contributed by atoms with Crippen LogP contribution in [-0.4, -0.2) is 28.8 Å². The Kier molecular flexibility index (Phi) is 1.45. The molecule has 1 aliphatic heterocycles. The van der Waals surface area contributed by atoms with Gasteiger partial charge in [-0.05, 0) is 0 Å². The van der Waals surface area contributed by atoms with Gasteiger partial charge in [0, 0.05) is 13.1 Å². The van der Waals surface area contributed by atoms with Gasteiger partial charge in [0.1, 0.15) is 18.0 Å². The van der Waals surface area contributed by atoms with Crippen molar-refractivity contribution < 1.29 is 9.90 Å². The maximum atomic E-state index is 10.7. The van der Waals surface area contributed by atoms with E-state index >= 15 is 0 Å². The predicted octanol–water partition coefficient (Wildman–Crippen LogP) is 0.0819. The van der Waals surface area contributed by atoms with Gasteiger partial charge in [-0.3, -0.25) is 15.1 Å². The standard InChI is InChI=1S/C6H7N2O2/c1-8-5(7)2-4(9)3-6(8)10/h2-3,7,9H,1H3. The number of carbonyl (C=O) groups is 1. The van der Waals surface area contributed by atoms with Gasteiger partial charge >= 0.3 is 0 Å². The molecule has 10 heavy (non-hydrogen) atoms. The minimum absolute atomic E-state index is 0.00463. The number of amides is 1. The van der Waals surface area contributed by atoms with Crippen LogP contribution in [0.4, 0.5) is 0 Å². The summed E-state index contributed by atoms with van der Waals surface area (Å²) in [7, 11) is 1.48. The highest BCUT2D eigenvalue weighted by molar-refractivity contribution is 6.09. The van der Waals surface area contributed by atoms with Crippen LogP contribution in [-0.2, 0) is 4.79 Å². The summed E-state index contributed by atoms with van der Waals surface area (Å²) in [6.07, 6.45) is 2.28. The SMILES string of the molecule is CN1C(=N)C=C(O)[CH]C1=O. The number of likely N-dealkylation sites (N-methyl/N-ethyl adjacent to an activating group) is 1. The number of carbonyl (C=O) groups excluding carboxylic acids is 1. The maximum Gasteiger partial charge on any atom is 0.239 e. The summed E-state index contributed by atoms with van der Waals surface area (Å²) in [4.78, 5) is 11.9. The van der Waals surface area contributed by atoms with Crippen LogP contribution in [0.25, 0.3) is 0 Å². The van der Waals surface area contributed by atoms with Crippen molar-refractivity contribution in [3.8, 4) is 0 Å². The van der Waals surface area contributed by atoms with Crippen molar-refractivity contribution in [3.63, 3.8) is 0 Å². The third-order valence-electron chi connectivity index (χ3n) is 1.25. The topological polar surface area (TPSA) is 64.4 Å². The molecule has 4 nitrogen and oxygen atoms in total. The van der Waals surface area contributed by atoms with Crippen molar-refractivity contribution in [2.45, 2.75) is 0 Å². The molecule has 0 spiro atoms. The molecule has 2 N–H and O–H groups in total. The Balaban J connectivity index is 2.89. The van der Waals surface area contributed by atoms with Crippen LogP contribution in [0.15, 0.2) is 11.8 Å². The van der Waals surface area contributed by atoms with Crippen molar-refractivity contribution >= 4 is 11.7 Å². The fraction of sp³-hybridized carbons (Fsp3) is 0.167. The molecule has 0 saturated carbocycles. The summed E-state index contributed by atoms with van der Waals surface area (Å²) >= 11 is 0. The summed E-state index contributed by atoms with van der Waals surface area (Å²) in [6, 6.07) is 0. The molecule has 0 unspecified atom stereocenters. The second-order valence-electron chi connectivity index (χ2n) is 2.00. The van der Waals surface area contributed by atoms with Crippen LogP contribution in [0.5, 0.6) is 0 Å². The van der Waals surface area contributed by atoms with Crippen molar-refractivity contribution in [3.05, 3.63) is 18.3 Å². The normalized spacial score (nSPS) is 19.3. The Labute approximate surface area is 58.3 Å². The lowest BCUT2D eigenvalue weighted by molar-refractivity contribution is -0.123. The number of hydrogen-bond donors (Lipinski definition) is 2. The van der Waals surface area contributed by atoms with E-state index in [0.717, 1.165) is 11.3 Å². The van der Waals surface area contributed by atoms with Crippen LogP contribution in [0.1, 0.15) is 0 Å². The maximum absolute atomic E-state index is 10.7. The first-order valence-corrected chi connectivity index (χ1v) is 2.73. The highest BCUT2D eigenvalue weighted by atomic mass is 16.3. The summed E-state index contributed by atoms with van der Waals surface area (Å²) in [5.74, 6) is -0.525. The van der Waals surface area contributed by atoms with E-state index in [1.807, 2.05) is 0 Å². The zero-order valence-electron chi connectivity index (χ0n) is 5.46. The highest BCUT2D eigenvalue weighted by Gasteiger charge is 2.19. The third-order valence-corrected chi connectivity index (χ3v) is 1.25. The summed E-state index contributed by atoms with van der Waals surface area (Å²) in [5.41, 5.74) is 0. The molecule has 1 rings (SSSR count). The molecule has 1 aliphatic rings. The van der Waals surface area contributed by atoms with Crippen molar-refractivity contribution in [2.24, 2.45) is 0 Å². The largest absolute Gasteiger partial charge is 0.511 e. The quantitative estimate of drug-likeness (QED) is 0.499. The Hall–Kier alpha value is -1.32. The van der Waals surface area contributed by atoms with Crippen molar-refractivity contribution in [1.29, 1.82) is 5.41 Å². The lowest BCUT2D eigenvalue weighted by Gasteiger charge is -2.19. The third kappa shape index (κ3) is 1.00. The average Bonchev–Trinajstić information content (AvgIpc) is 1.82. The van der Waals surface area contributed by atoms with E-state index in [1.165, 1.54) is 13.1 Å². The first-order valence-electron chi connectivity index (χ1n) is 2.73. The van der Waals surface area contributed by atoms with Crippen molar-refractivity contribution in [2.75, 3.05) is 7.05 Å². The summed E-state index contributed by atoms with van der Waals surface area (Å²) in [5, 5.41) is 15.9. The number of hydrogen-bond acceptors (Lipinski definition) is 3. The molecule has 0 aromatic rings. The van der Waals surface area contributed by atoms with Gasteiger partial charge in [-0.1, -0.05) is 0 Å². The lowest BCUT2D eigenvalue weighted by Crippen LogP contribution is -2.35. The molecule has 0 aromatic carbocycles. The molecule has 0 bridgehead atoms. The van der Waals surface area contributed by atoms with E-state index in [9.17, 15) is 4.79 Å². The second kappa shape index (κ2) is 2.13. The number of aliphatic hydroxyl groups is 1. The molecule has 53 valence electrons. The van der Waals surface area contributed by atoms with Crippen molar-refractivity contribution in [1.82, 2.24) is 4.90 Å². The monoisotopic (exact) mass is 139 g/mol. The zero-order chi connectivity index (χ0) is 7.72. The van der Waals surface area contributed by atoms with E-state index in [4.69, 9.17) is 10.5 Å². The zero-order valence-corrected chi connectivity index (χ0v) is 5.46. The van der Waals surface area contributed by atoms with Crippen LogP contribution in [0.3, 0.4) is 0 Å². The summed E-state index contributed by atoms with van der Waals surface area (Å²) < 4.78 is 0. The van der Waals surface area contributed by atoms with E-state index in [1.54, 1.807) is 0 Å². The highest BCUT2D eigenvalue weighted by Crippen LogP contribution is 2.06. The second-order valence-corrected chi connectivity index (χ2v) is 2.00. The Morgan fingerprint density at radius 2 is 2.30 bits per heavy atom. The number of amidine groups is 1.